The number of rotatable bonds is 4. The molecule has 1 aromatic rings. The lowest BCUT2D eigenvalue weighted by Gasteiger charge is -2.43. The van der Waals surface area contributed by atoms with Gasteiger partial charge in [-0.3, -0.25) is 9.79 Å². The van der Waals surface area contributed by atoms with Crippen molar-refractivity contribution >= 4 is 13.6 Å². The molecule has 0 amide bonds. The third kappa shape index (κ3) is 4.00. The van der Waals surface area contributed by atoms with Gasteiger partial charge in [-0.05, 0) is 74.6 Å². The molecule has 3 aliphatic rings. The Morgan fingerprint density at radius 1 is 1.21 bits per heavy atom. The summed E-state index contributed by atoms with van der Waals surface area (Å²) in [5, 5.41) is 9.28. The Bertz CT molecular complexity index is 968. The lowest BCUT2D eigenvalue weighted by atomic mass is 9.62. The molecule has 0 aromatic heterocycles. The summed E-state index contributed by atoms with van der Waals surface area (Å²) in [6.45, 7) is 0. The van der Waals surface area contributed by atoms with Crippen LogP contribution in [0.3, 0.4) is 0 Å². The van der Waals surface area contributed by atoms with Crippen molar-refractivity contribution in [2.75, 3.05) is 7.11 Å². The Hall–Kier alpha value is -2.06. The van der Waals surface area contributed by atoms with Gasteiger partial charge in [-0.2, -0.15) is 5.26 Å². The molecule has 29 heavy (non-hydrogen) atoms. The van der Waals surface area contributed by atoms with E-state index in [0.717, 1.165) is 31.4 Å². The molecule has 0 radical (unpaired) electrons. The maximum absolute atomic E-state index is 11.4. The Balaban J connectivity index is 1.82. The molecule has 3 aliphatic carbocycles. The molecule has 2 atom stereocenters. The Kier molecular flexibility index (Phi) is 5.57. The van der Waals surface area contributed by atoms with Gasteiger partial charge in [0.05, 0.1) is 12.7 Å². The van der Waals surface area contributed by atoms with E-state index in [4.69, 9.17) is 9.26 Å². The van der Waals surface area contributed by atoms with Crippen molar-refractivity contribution in [3.05, 3.63) is 46.0 Å². The maximum Gasteiger partial charge on any atom is 0.524 e. The summed E-state index contributed by atoms with van der Waals surface area (Å²) in [6, 6.07) is 6.75. The zero-order valence-electron chi connectivity index (χ0n) is 16.6. The van der Waals surface area contributed by atoms with Gasteiger partial charge in [0.25, 0.3) is 0 Å². The van der Waals surface area contributed by atoms with Crippen molar-refractivity contribution in [1.82, 2.24) is 0 Å². The van der Waals surface area contributed by atoms with E-state index in [1.165, 1.54) is 43.4 Å². The fraction of sp³-hybridized carbons (Fsp3) is 0.500. The highest BCUT2D eigenvalue weighted by atomic mass is 31.2. The van der Waals surface area contributed by atoms with Crippen molar-refractivity contribution in [3.8, 4) is 11.8 Å². The van der Waals surface area contributed by atoms with Crippen LogP contribution in [0.1, 0.15) is 62.5 Å². The summed E-state index contributed by atoms with van der Waals surface area (Å²) in [4.78, 5) is 18.4. The molecule has 2 bridgehead atoms. The number of allylic oxidation sites excluding steroid dienone is 3. The fourth-order valence-electron chi connectivity index (χ4n) is 5.39. The van der Waals surface area contributed by atoms with Crippen molar-refractivity contribution in [2.24, 2.45) is 11.8 Å². The number of phosphoric acid groups is 1. The topological polar surface area (TPSA) is 99.8 Å². The zero-order chi connectivity index (χ0) is 20.6. The number of benzene rings is 1. The summed E-state index contributed by atoms with van der Waals surface area (Å²) in [6.07, 6.45) is 9.47. The average molecular weight is 415 g/mol. The van der Waals surface area contributed by atoms with Crippen LogP contribution in [-0.2, 0) is 9.30 Å². The van der Waals surface area contributed by atoms with Gasteiger partial charge in [0.15, 0.2) is 0 Å². The van der Waals surface area contributed by atoms with Crippen LogP contribution in [0.25, 0.3) is 5.76 Å². The molecule has 0 saturated heterocycles. The third-order valence-corrected chi connectivity index (χ3v) is 6.89. The predicted octanol–water partition coefficient (Wildman–Crippen LogP) is 5.08. The van der Waals surface area contributed by atoms with Crippen LogP contribution < -0.4 is 4.52 Å². The first-order valence-corrected chi connectivity index (χ1v) is 11.7. The molecule has 2 N–H and O–H groups in total. The first-order chi connectivity index (χ1) is 13.9. The second kappa shape index (κ2) is 7.99. The molecule has 0 heterocycles. The molecule has 154 valence electrons. The molecule has 1 aromatic carbocycles. The van der Waals surface area contributed by atoms with Gasteiger partial charge in [-0.25, -0.2) is 4.57 Å². The lowest BCUT2D eigenvalue weighted by molar-refractivity contribution is 0.282. The normalized spacial score (nSPS) is 25.7. The minimum Gasteiger partial charge on any atom is -0.496 e. The maximum atomic E-state index is 11.4. The monoisotopic (exact) mass is 415 g/mol. The van der Waals surface area contributed by atoms with Gasteiger partial charge in [0.2, 0.25) is 0 Å². The van der Waals surface area contributed by atoms with E-state index in [-0.39, 0.29) is 11.3 Å². The van der Waals surface area contributed by atoms with Crippen LogP contribution in [0.15, 0.2) is 34.9 Å². The van der Waals surface area contributed by atoms with E-state index in [0.29, 0.717) is 17.4 Å². The summed E-state index contributed by atoms with van der Waals surface area (Å²) in [7, 11) is -3.13. The average Bonchev–Trinajstić information content (AvgIpc) is 2.68. The quantitative estimate of drug-likeness (QED) is 0.404. The summed E-state index contributed by atoms with van der Waals surface area (Å²) < 4.78 is 22.0. The Morgan fingerprint density at radius 2 is 2.00 bits per heavy atom. The number of ether oxygens (including phenoxy) is 1. The highest BCUT2D eigenvalue weighted by Crippen LogP contribution is 2.53. The minimum absolute atomic E-state index is 0.0821. The molecule has 0 spiro atoms. The van der Waals surface area contributed by atoms with Crippen LogP contribution in [-0.4, -0.2) is 16.9 Å². The molecule has 6 nitrogen and oxygen atoms in total. The standard InChI is InChI=1S/C22H26NO5P/c1-27-22(16-9-10-17(13-23)20(12-16)28-29(24,25)26)21-15-6-4-8-19(21)18-7-3-2-5-14(18)11-15/h9-10,12,15,19H,2-8,11H2,1H3,(H2,24,25,26)/b22-21+. The van der Waals surface area contributed by atoms with E-state index < -0.39 is 7.82 Å². The lowest BCUT2D eigenvalue weighted by Crippen LogP contribution is -2.30. The predicted molar refractivity (Wildman–Crippen MR) is 109 cm³/mol. The highest BCUT2D eigenvalue weighted by molar-refractivity contribution is 7.46. The second-order valence-electron chi connectivity index (χ2n) is 8.11. The van der Waals surface area contributed by atoms with E-state index in [9.17, 15) is 19.6 Å². The van der Waals surface area contributed by atoms with Crippen molar-refractivity contribution < 1.29 is 23.6 Å². The first-order valence-electron chi connectivity index (χ1n) is 10.2. The van der Waals surface area contributed by atoms with Gasteiger partial charge in [0.1, 0.15) is 17.6 Å². The number of fused-ring (bicyclic) bond motifs is 3. The molecule has 1 saturated carbocycles. The van der Waals surface area contributed by atoms with Crippen molar-refractivity contribution in [3.63, 3.8) is 0 Å². The van der Waals surface area contributed by atoms with Crippen LogP contribution in [0, 0.1) is 23.2 Å². The Labute approximate surface area is 171 Å². The largest absolute Gasteiger partial charge is 0.524 e. The van der Waals surface area contributed by atoms with Crippen molar-refractivity contribution in [1.29, 1.82) is 5.26 Å². The Morgan fingerprint density at radius 3 is 2.72 bits per heavy atom. The van der Waals surface area contributed by atoms with E-state index in [1.54, 1.807) is 24.3 Å². The molecule has 0 aliphatic heterocycles. The number of methoxy groups -OCH3 is 1. The van der Waals surface area contributed by atoms with Crippen LogP contribution in [0.4, 0.5) is 0 Å². The van der Waals surface area contributed by atoms with Crippen LogP contribution in [0.2, 0.25) is 0 Å². The molecule has 7 heteroatoms. The number of nitriles is 1. The second-order valence-corrected chi connectivity index (χ2v) is 9.28. The number of phosphoric ester groups is 1. The smallest absolute Gasteiger partial charge is 0.496 e. The molecule has 1 fully saturated rings. The SMILES string of the molecule is CO/C(=C1\C2CCCC1C1=C(CCCC1)C2)c1ccc(C#N)c(OP(=O)(O)O)c1. The third-order valence-electron chi connectivity index (χ3n) is 6.45. The molecular weight excluding hydrogens is 389 g/mol. The molecular formula is C22H26NO5P. The van der Waals surface area contributed by atoms with E-state index >= 15 is 0 Å². The van der Waals surface area contributed by atoms with Gasteiger partial charge in [-0.1, -0.05) is 17.6 Å². The van der Waals surface area contributed by atoms with Gasteiger partial charge in [-0.15, -0.1) is 0 Å². The van der Waals surface area contributed by atoms with E-state index in [2.05, 4.69) is 0 Å². The summed E-state index contributed by atoms with van der Waals surface area (Å²) in [5.41, 5.74) is 5.33. The first kappa shape index (κ1) is 20.2. The number of hydrogen-bond acceptors (Lipinski definition) is 4. The van der Waals surface area contributed by atoms with Crippen molar-refractivity contribution in [2.45, 2.75) is 51.4 Å². The van der Waals surface area contributed by atoms with E-state index in [1.807, 2.05) is 6.07 Å². The van der Waals surface area contributed by atoms with Gasteiger partial charge >= 0.3 is 7.82 Å². The summed E-state index contributed by atoms with van der Waals surface area (Å²) in [5.74, 6) is 1.49. The zero-order valence-corrected chi connectivity index (χ0v) is 17.5. The number of hydrogen-bond donors (Lipinski definition) is 2. The molecule has 4 rings (SSSR count). The fourth-order valence-corrected chi connectivity index (χ4v) is 5.79. The highest BCUT2D eigenvalue weighted by Gasteiger charge is 2.39. The van der Waals surface area contributed by atoms with Gasteiger partial charge in [0, 0.05) is 11.5 Å². The number of nitrogens with zero attached hydrogens (tertiary/aromatic N) is 1. The van der Waals surface area contributed by atoms with Crippen LogP contribution >= 0.6 is 7.82 Å². The minimum atomic E-state index is -4.77. The molecule has 2 unspecified atom stereocenters. The summed E-state index contributed by atoms with van der Waals surface area (Å²) >= 11 is 0. The van der Waals surface area contributed by atoms with Gasteiger partial charge < -0.3 is 9.26 Å². The van der Waals surface area contributed by atoms with Crippen LogP contribution in [0.5, 0.6) is 5.75 Å².